The first kappa shape index (κ1) is 23.5. The summed E-state index contributed by atoms with van der Waals surface area (Å²) in [6.07, 6.45) is 1.33. The summed E-state index contributed by atoms with van der Waals surface area (Å²) in [6.45, 7) is 1.74. The molecule has 3 aromatic rings. The summed E-state index contributed by atoms with van der Waals surface area (Å²) >= 11 is 8.79. The van der Waals surface area contributed by atoms with Crippen LogP contribution in [0.25, 0.3) is 0 Å². The molecule has 11 heteroatoms. The Morgan fingerprint density at radius 2 is 1.94 bits per heavy atom. The van der Waals surface area contributed by atoms with E-state index < -0.39 is 22.0 Å². The number of hydrogen-bond acceptors (Lipinski definition) is 7. The molecule has 0 radical (unpaired) electrons. The van der Waals surface area contributed by atoms with Gasteiger partial charge in [-0.05, 0) is 30.2 Å². The monoisotopic (exact) mass is 496 g/mol. The van der Waals surface area contributed by atoms with Gasteiger partial charge >= 0.3 is 0 Å². The van der Waals surface area contributed by atoms with E-state index in [0.717, 1.165) is 21.9 Å². The lowest BCUT2D eigenvalue weighted by molar-refractivity contribution is -0.117. The van der Waals surface area contributed by atoms with Crippen LogP contribution in [-0.2, 0) is 20.6 Å². The average Bonchev–Trinajstić information content (AvgIpc) is 3.17. The van der Waals surface area contributed by atoms with Crippen LogP contribution in [0, 0.1) is 0 Å². The number of halogens is 1. The van der Waals surface area contributed by atoms with E-state index in [0.29, 0.717) is 20.2 Å². The zero-order valence-corrected chi connectivity index (χ0v) is 20.1. The molecule has 1 aromatic heterocycles. The second kappa shape index (κ2) is 10.4. The Labute approximate surface area is 194 Å². The van der Waals surface area contributed by atoms with E-state index in [9.17, 15) is 13.2 Å². The molecule has 2 aromatic carbocycles. The molecule has 0 unspecified atom stereocenters. The van der Waals surface area contributed by atoms with Gasteiger partial charge in [0.25, 0.3) is 0 Å². The molecule has 0 bridgehead atoms. The van der Waals surface area contributed by atoms with Crippen molar-refractivity contribution in [1.29, 1.82) is 0 Å². The summed E-state index contributed by atoms with van der Waals surface area (Å²) in [5, 5.41) is 11.5. The Balaban J connectivity index is 1.73. The number of carbonyl (C=O) groups excluding carboxylic acids is 1. The van der Waals surface area contributed by atoms with Crippen LogP contribution in [0.2, 0.25) is 5.02 Å². The Bertz CT molecular complexity index is 1140. The molecule has 3 rings (SSSR count). The number of rotatable bonds is 9. The number of hydrogen-bond donors (Lipinski definition) is 1. The molecule has 1 atom stereocenters. The maximum Gasteiger partial charge on any atom is 0.250 e. The van der Waals surface area contributed by atoms with Crippen molar-refractivity contribution in [2.45, 2.75) is 29.5 Å². The molecule has 0 saturated carbocycles. The van der Waals surface area contributed by atoms with Gasteiger partial charge in [-0.25, -0.2) is 8.42 Å². The molecule has 0 aliphatic heterocycles. The van der Waals surface area contributed by atoms with Gasteiger partial charge in [0.1, 0.15) is 6.04 Å². The van der Waals surface area contributed by atoms with Crippen LogP contribution in [0.15, 0.2) is 58.9 Å². The summed E-state index contributed by atoms with van der Waals surface area (Å²) in [5.74, 6) is 0.251. The van der Waals surface area contributed by atoms with E-state index >= 15 is 0 Å². The van der Waals surface area contributed by atoms with Crippen LogP contribution < -0.4 is 9.62 Å². The van der Waals surface area contributed by atoms with E-state index in [4.69, 9.17) is 11.6 Å². The molecule has 0 aliphatic rings. The lowest BCUT2D eigenvalue weighted by Gasteiger charge is -2.29. The molecular formula is C20H21ClN4O3S3. The van der Waals surface area contributed by atoms with Crippen LogP contribution in [0.1, 0.15) is 18.9 Å². The van der Waals surface area contributed by atoms with Crippen molar-refractivity contribution < 1.29 is 13.2 Å². The van der Waals surface area contributed by atoms with Crippen LogP contribution >= 0.6 is 34.7 Å². The number of amides is 1. The predicted molar refractivity (Wildman–Crippen MR) is 127 cm³/mol. The van der Waals surface area contributed by atoms with Gasteiger partial charge in [-0.2, -0.15) is 0 Å². The normalized spacial score (nSPS) is 12.4. The van der Waals surface area contributed by atoms with E-state index in [1.165, 1.54) is 29.2 Å². The number of anilines is 2. The van der Waals surface area contributed by atoms with Gasteiger partial charge in [-0.3, -0.25) is 14.4 Å². The third kappa shape index (κ3) is 6.42. The number of nitrogens with zero attached hydrogens (tertiary/aromatic N) is 3. The fraction of sp³-hybridized carbons (Fsp3) is 0.250. The molecule has 31 heavy (non-hydrogen) atoms. The number of carbonyl (C=O) groups is 1. The molecule has 0 fully saturated rings. The van der Waals surface area contributed by atoms with Crippen molar-refractivity contribution in [3.8, 4) is 0 Å². The second-order valence-corrected chi connectivity index (χ2v) is 11.1. The number of sulfonamides is 1. The average molecular weight is 497 g/mol. The minimum atomic E-state index is -3.74. The Morgan fingerprint density at radius 3 is 2.58 bits per heavy atom. The van der Waals surface area contributed by atoms with Gasteiger partial charge in [0, 0.05) is 10.8 Å². The van der Waals surface area contributed by atoms with E-state index in [1.54, 1.807) is 25.1 Å². The van der Waals surface area contributed by atoms with Crippen molar-refractivity contribution >= 4 is 61.4 Å². The molecular weight excluding hydrogens is 476 g/mol. The smallest absolute Gasteiger partial charge is 0.250 e. The van der Waals surface area contributed by atoms with Gasteiger partial charge < -0.3 is 0 Å². The second-order valence-electron chi connectivity index (χ2n) is 6.60. The van der Waals surface area contributed by atoms with Gasteiger partial charge in [-0.15, -0.1) is 10.2 Å². The first-order chi connectivity index (χ1) is 14.8. The molecule has 1 heterocycles. The first-order valence-corrected chi connectivity index (χ1v) is 13.4. The van der Waals surface area contributed by atoms with E-state index in [-0.39, 0.29) is 6.42 Å². The molecule has 1 amide bonds. The lowest BCUT2D eigenvalue weighted by Crippen LogP contribution is -2.47. The summed E-state index contributed by atoms with van der Waals surface area (Å²) < 4.78 is 26.8. The summed E-state index contributed by atoms with van der Waals surface area (Å²) in [4.78, 5) is 13.0. The molecule has 0 aliphatic carbocycles. The maximum atomic E-state index is 13.0. The standard InChI is InChI=1S/C20H21ClN4O3S3/c1-3-17(25(31(2,27)28)16-11-7-10-15(21)12-16)18(26)22-19-23-24-20(30-19)29-13-14-8-5-4-6-9-14/h4-12,17H,3,13H2,1-2H3,(H,22,23,26)/t17-/m0/s1. The fourth-order valence-electron chi connectivity index (χ4n) is 2.90. The van der Waals surface area contributed by atoms with Crippen LogP contribution in [-0.4, -0.2) is 36.8 Å². The lowest BCUT2D eigenvalue weighted by atomic mass is 10.2. The van der Waals surface area contributed by atoms with Gasteiger partial charge in [0.05, 0.1) is 11.9 Å². The van der Waals surface area contributed by atoms with E-state index in [1.807, 2.05) is 30.3 Å². The summed E-state index contributed by atoms with van der Waals surface area (Å²) in [6, 6.07) is 15.4. The first-order valence-electron chi connectivity index (χ1n) is 9.34. The van der Waals surface area contributed by atoms with Gasteiger partial charge in [0.15, 0.2) is 4.34 Å². The van der Waals surface area contributed by atoms with Crippen molar-refractivity contribution in [2.75, 3.05) is 15.9 Å². The minimum Gasteiger partial charge on any atom is -0.299 e. The zero-order valence-electron chi connectivity index (χ0n) is 16.9. The number of nitrogens with one attached hydrogen (secondary N) is 1. The Kier molecular flexibility index (Phi) is 7.93. The summed E-state index contributed by atoms with van der Waals surface area (Å²) in [5.41, 5.74) is 1.48. The highest BCUT2D eigenvalue weighted by Crippen LogP contribution is 2.29. The third-order valence-corrected chi connectivity index (χ3v) is 7.69. The highest BCUT2D eigenvalue weighted by molar-refractivity contribution is 8.00. The molecule has 7 nitrogen and oxygen atoms in total. The van der Waals surface area contributed by atoms with Crippen molar-refractivity contribution in [2.24, 2.45) is 0 Å². The van der Waals surface area contributed by atoms with Crippen LogP contribution in [0.5, 0.6) is 0 Å². The van der Waals surface area contributed by atoms with Crippen molar-refractivity contribution in [3.05, 3.63) is 65.2 Å². The molecule has 1 N–H and O–H groups in total. The highest BCUT2D eigenvalue weighted by atomic mass is 35.5. The maximum absolute atomic E-state index is 13.0. The SMILES string of the molecule is CC[C@@H](C(=O)Nc1nnc(SCc2ccccc2)s1)N(c1cccc(Cl)c1)S(C)(=O)=O. The number of aromatic nitrogens is 2. The van der Waals surface area contributed by atoms with Crippen molar-refractivity contribution in [3.63, 3.8) is 0 Å². The number of benzene rings is 2. The molecule has 164 valence electrons. The zero-order chi connectivity index (χ0) is 22.4. The summed E-state index contributed by atoms with van der Waals surface area (Å²) in [7, 11) is -3.74. The van der Waals surface area contributed by atoms with Crippen LogP contribution in [0.3, 0.4) is 0 Å². The Hall–Kier alpha value is -2.14. The predicted octanol–water partition coefficient (Wildman–Crippen LogP) is 4.67. The van der Waals surface area contributed by atoms with E-state index in [2.05, 4.69) is 15.5 Å². The molecule has 0 spiro atoms. The highest BCUT2D eigenvalue weighted by Gasteiger charge is 2.32. The van der Waals surface area contributed by atoms with Gasteiger partial charge in [-0.1, -0.05) is 78.0 Å². The topological polar surface area (TPSA) is 92.3 Å². The fourth-order valence-corrected chi connectivity index (χ4v) is 6.00. The minimum absolute atomic E-state index is 0.264. The third-order valence-electron chi connectivity index (χ3n) is 4.23. The molecule has 0 saturated heterocycles. The van der Waals surface area contributed by atoms with Gasteiger partial charge in [0.2, 0.25) is 21.1 Å². The van der Waals surface area contributed by atoms with Crippen molar-refractivity contribution in [1.82, 2.24) is 10.2 Å². The van der Waals surface area contributed by atoms with Crippen LogP contribution in [0.4, 0.5) is 10.8 Å². The number of thioether (sulfide) groups is 1. The Morgan fingerprint density at radius 1 is 1.19 bits per heavy atom. The largest absolute Gasteiger partial charge is 0.299 e. The quantitative estimate of drug-likeness (QED) is 0.342.